The molecule has 0 bridgehead atoms. The van der Waals surface area contributed by atoms with Crippen molar-refractivity contribution in [2.24, 2.45) is 0 Å². The second-order valence-electron chi connectivity index (χ2n) is 6.45. The highest BCUT2D eigenvalue weighted by Crippen LogP contribution is 2.20. The third kappa shape index (κ3) is 4.16. The Balaban J connectivity index is 2.00. The molecule has 1 saturated heterocycles. The van der Waals surface area contributed by atoms with Gasteiger partial charge >= 0.3 is 6.09 Å². The summed E-state index contributed by atoms with van der Waals surface area (Å²) < 4.78 is 5.42. The minimum Gasteiger partial charge on any atom is -0.444 e. The van der Waals surface area contributed by atoms with Gasteiger partial charge in [0.15, 0.2) is 0 Å². The number of ether oxygens (including phenoxy) is 1. The van der Waals surface area contributed by atoms with E-state index in [1.54, 1.807) is 11.0 Å². The average molecular weight is 307 g/mol. The van der Waals surface area contributed by atoms with Crippen LogP contribution in [0.25, 0.3) is 0 Å². The first-order chi connectivity index (χ1) is 10.3. The first-order valence-electron chi connectivity index (χ1n) is 7.51. The van der Waals surface area contributed by atoms with Gasteiger partial charge in [0, 0.05) is 26.2 Å². The molecule has 4 N–H and O–H groups in total. The van der Waals surface area contributed by atoms with E-state index in [0.29, 0.717) is 31.1 Å². The highest BCUT2D eigenvalue weighted by molar-refractivity contribution is 5.68. The first-order valence-corrected chi connectivity index (χ1v) is 7.51. The molecule has 7 nitrogen and oxygen atoms in total. The topological polar surface area (TPSA) is 97.7 Å². The van der Waals surface area contributed by atoms with Crippen molar-refractivity contribution in [3.8, 4) is 0 Å². The highest BCUT2D eigenvalue weighted by atomic mass is 16.6. The third-order valence-corrected chi connectivity index (χ3v) is 3.41. The Morgan fingerprint density at radius 2 is 1.91 bits per heavy atom. The molecule has 122 valence electrons. The van der Waals surface area contributed by atoms with E-state index in [0.717, 1.165) is 18.8 Å². The minimum atomic E-state index is -0.476. The number of rotatable bonds is 1. The molecule has 0 aromatic carbocycles. The van der Waals surface area contributed by atoms with Crippen LogP contribution in [-0.4, -0.2) is 47.8 Å². The van der Waals surface area contributed by atoms with Crippen molar-refractivity contribution in [1.82, 2.24) is 9.88 Å². The van der Waals surface area contributed by atoms with Gasteiger partial charge in [-0.3, -0.25) is 0 Å². The Bertz CT molecular complexity index is 541. The number of nitrogens with two attached hydrogens (primary N) is 2. The number of anilines is 3. The molecule has 0 atom stereocenters. The Morgan fingerprint density at radius 3 is 2.55 bits per heavy atom. The molecule has 0 unspecified atom stereocenters. The van der Waals surface area contributed by atoms with Gasteiger partial charge < -0.3 is 26.0 Å². The van der Waals surface area contributed by atoms with Crippen molar-refractivity contribution in [3.63, 3.8) is 0 Å². The molecule has 0 spiro atoms. The fraction of sp³-hybridized carbons (Fsp3) is 0.600. The molecule has 1 aromatic heterocycles. The number of amides is 1. The lowest BCUT2D eigenvalue weighted by atomic mass is 10.2. The summed E-state index contributed by atoms with van der Waals surface area (Å²) >= 11 is 0. The molecule has 1 aliphatic rings. The van der Waals surface area contributed by atoms with Gasteiger partial charge in [0.05, 0.1) is 5.69 Å². The fourth-order valence-electron chi connectivity index (χ4n) is 2.31. The molecule has 1 aromatic rings. The van der Waals surface area contributed by atoms with Gasteiger partial charge in [0.2, 0.25) is 0 Å². The number of pyridine rings is 1. The zero-order chi connectivity index (χ0) is 16.3. The van der Waals surface area contributed by atoms with E-state index in [1.165, 1.54) is 0 Å². The van der Waals surface area contributed by atoms with Gasteiger partial charge in [-0.05, 0) is 39.3 Å². The van der Waals surface area contributed by atoms with Crippen molar-refractivity contribution in [3.05, 3.63) is 12.1 Å². The molecule has 0 saturated carbocycles. The van der Waals surface area contributed by atoms with Crippen LogP contribution < -0.4 is 16.4 Å². The van der Waals surface area contributed by atoms with E-state index >= 15 is 0 Å². The number of hydrogen-bond acceptors (Lipinski definition) is 6. The highest BCUT2D eigenvalue weighted by Gasteiger charge is 2.24. The van der Waals surface area contributed by atoms with Gasteiger partial charge in [-0.2, -0.15) is 0 Å². The Hall–Kier alpha value is -2.18. The van der Waals surface area contributed by atoms with Gasteiger partial charge in [0.1, 0.15) is 17.2 Å². The Morgan fingerprint density at radius 1 is 1.18 bits per heavy atom. The molecule has 1 aliphatic heterocycles. The van der Waals surface area contributed by atoms with Crippen LogP contribution in [0.15, 0.2) is 12.1 Å². The molecule has 22 heavy (non-hydrogen) atoms. The van der Waals surface area contributed by atoms with Crippen LogP contribution >= 0.6 is 0 Å². The van der Waals surface area contributed by atoms with Crippen molar-refractivity contribution >= 4 is 23.4 Å². The average Bonchev–Trinajstić information content (AvgIpc) is 2.66. The molecule has 0 radical (unpaired) electrons. The van der Waals surface area contributed by atoms with Crippen molar-refractivity contribution in [2.45, 2.75) is 32.8 Å². The van der Waals surface area contributed by atoms with Gasteiger partial charge in [0.25, 0.3) is 0 Å². The number of nitrogens with zero attached hydrogens (tertiary/aromatic N) is 3. The maximum atomic E-state index is 12.1. The lowest BCUT2D eigenvalue weighted by Gasteiger charge is -2.26. The van der Waals surface area contributed by atoms with Crippen LogP contribution in [-0.2, 0) is 4.74 Å². The van der Waals surface area contributed by atoms with Crippen molar-refractivity contribution in [2.75, 3.05) is 42.5 Å². The molecular weight excluding hydrogens is 282 g/mol. The predicted octanol–water partition coefficient (Wildman–Crippen LogP) is 1.69. The van der Waals surface area contributed by atoms with Crippen LogP contribution in [0.4, 0.5) is 22.1 Å². The van der Waals surface area contributed by atoms with Gasteiger partial charge in [-0.25, -0.2) is 9.78 Å². The molecule has 1 amide bonds. The van der Waals surface area contributed by atoms with E-state index < -0.39 is 5.60 Å². The van der Waals surface area contributed by atoms with Crippen LogP contribution in [0.5, 0.6) is 0 Å². The summed E-state index contributed by atoms with van der Waals surface area (Å²) in [5, 5.41) is 0. The standard InChI is InChI=1S/C15H25N5O2/c1-15(2,3)22-14(21)20-8-4-7-19(9-10-20)12-6-5-11(16)13(17)18-12/h5-6H,4,7-10,16H2,1-3H3,(H2,17,18). The quantitative estimate of drug-likeness (QED) is 0.819. The molecule has 1 fully saturated rings. The lowest BCUT2D eigenvalue weighted by Crippen LogP contribution is -2.39. The summed E-state index contributed by atoms with van der Waals surface area (Å²) in [6.07, 6.45) is 0.588. The number of hydrogen-bond donors (Lipinski definition) is 2. The van der Waals surface area contributed by atoms with Gasteiger partial charge in [-0.15, -0.1) is 0 Å². The number of aromatic nitrogens is 1. The minimum absolute atomic E-state index is 0.265. The molecule has 2 heterocycles. The number of carbonyl (C=O) groups is 1. The van der Waals surface area contributed by atoms with Crippen LogP contribution in [0.2, 0.25) is 0 Å². The maximum absolute atomic E-state index is 12.1. The predicted molar refractivity (Wildman–Crippen MR) is 87.7 cm³/mol. The van der Waals surface area contributed by atoms with Crippen molar-refractivity contribution < 1.29 is 9.53 Å². The zero-order valence-corrected chi connectivity index (χ0v) is 13.5. The zero-order valence-electron chi connectivity index (χ0n) is 13.5. The summed E-state index contributed by atoms with van der Waals surface area (Å²) in [5.74, 6) is 1.13. The second kappa shape index (κ2) is 6.29. The first kappa shape index (κ1) is 16.2. The van der Waals surface area contributed by atoms with Gasteiger partial charge in [-0.1, -0.05) is 0 Å². The van der Waals surface area contributed by atoms with E-state index in [4.69, 9.17) is 16.2 Å². The summed E-state index contributed by atoms with van der Waals surface area (Å²) in [6.45, 7) is 8.39. The van der Waals surface area contributed by atoms with E-state index in [-0.39, 0.29) is 6.09 Å². The SMILES string of the molecule is CC(C)(C)OC(=O)N1CCCN(c2ccc(N)c(N)n2)CC1. The summed E-state index contributed by atoms with van der Waals surface area (Å²) in [5.41, 5.74) is 11.5. The second-order valence-corrected chi connectivity index (χ2v) is 6.45. The van der Waals surface area contributed by atoms with Crippen LogP contribution in [0, 0.1) is 0 Å². The lowest BCUT2D eigenvalue weighted by molar-refractivity contribution is 0.0263. The van der Waals surface area contributed by atoms with Crippen molar-refractivity contribution in [1.29, 1.82) is 0 Å². The molecule has 0 aliphatic carbocycles. The molecule has 2 rings (SSSR count). The Kier molecular flexibility index (Phi) is 4.63. The third-order valence-electron chi connectivity index (χ3n) is 3.41. The molecular formula is C15H25N5O2. The monoisotopic (exact) mass is 307 g/mol. The summed E-state index contributed by atoms with van der Waals surface area (Å²) in [4.78, 5) is 20.3. The normalized spacial score (nSPS) is 16.3. The van der Waals surface area contributed by atoms with E-state index in [2.05, 4.69) is 9.88 Å². The molecule has 7 heteroatoms. The summed E-state index contributed by atoms with van der Waals surface area (Å²) in [7, 11) is 0. The van der Waals surface area contributed by atoms with Crippen LogP contribution in [0.3, 0.4) is 0 Å². The largest absolute Gasteiger partial charge is 0.444 e. The Labute approximate surface area is 131 Å². The number of carbonyl (C=O) groups excluding carboxylic acids is 1. The van der Waals surface area contributed by atoms with Crippen LogP contribution in [0.1, 0.15) is 27.2 Å². The number of nitrogen functional groups attached to an aromatic ring is 2. The maximum Gasteiger partial charge on any atom is 0.410 e. The smallest absolute Gasteiger partial charge is 0.410 e. The summed E-state index contributed by atoms with van der Waals surface area (Å²) in [6, 6.07) is 3.61. The van der Waals surface area contributed by atoms with E-state index in [1.807, 2.05) is 26.8 Å². The fourth-order valence-corrected chi connectivity index (χ4v) is 2.31. The van der Waals surface area contributed by atoms with E-state index in [9.17, 15) is 4.79 Å².